The highest BCUT2D eigenvalue weighted by atomic mass is 16.5. The number of benzene rings is 1. The van der Waals surface area contributed by atoms with Gasteiger partial charge in [0.25, 0.3) is 0 Å². The number of unbranched alkanes of at least 4 members (excludes halogenated alkanes) is 1. The molecule has 0 saturated carbocycles. The summed E-state index contributed by atoms with van der Waals surface area (Å²) in [5.74, 6) is 2.75. The molecule has 0 atom stereocenters. The highest BCUT2D eigenvalue weighted by molar-refractivity contribution is 6.03. The van der Waals surface area contributed by atoms with Crippen LogP contribution >= 0.6 is 0 Å². The first kappa shape index (κ1) is 30.3. The van der Waals surface area contributed by atoms with E-state index < -0.39 is 0 Å². The summed E-state index contributed by atoms with van der Waals surface area (Å²) in [6.45, 7) is 19.7. The van der Waals surface area contributed by atoms with Gasteiger partial charge in [-0.2, -0.15) is 5.21 Å². The molecule has 1 aliphatic rings. The lowest BCUT2D eigenvalue weighted by Gasteiger charge is -2.34. The molecule has 2 aromatic heterocycles. The second-order valence-corrected chi connectivity index (χ2v) is 10.3. The molecule has 3 aromatic rings. The summed E-state index contributed by atoms with van der Waals surface area (Å²) >= 11 is 0. The number of allylic oxidation sites excluding steroid dienone is 7. The zero-order chi connectivity index (χ0) is 30.1. The van der Waals surface area contributed by atoms with Gasteiger partial charge in [-0.25, -0.2) is 15.0 Å². The summed E-state index contributed by atoms with van der Waals surface area (Å²) in [7, 11) is 0. The van der Waals surface area contributed by atoms with Crippen LogP contribution in [0.2, 0.25) is 0 Å². The molecule has 0 saturated heterocycles. The molecule has 4 rings (SSSR count). The van der Waals surface area contributed by atoms with Crippen LogP contribution in [0.5, 0.6) is 5.75 Å². The van der Waals surface area contributed by atoms with E-state index in [0.717, 1.165) is 64.3 Å². The fourth-order valence-electron chi connectivity index (χ4n) is 4.75. The molecule has 0 bridgehead atoms. The lowest BCUT2D eigenvalue weighted by atomic mass is 9.94. The molecule has 0 radical (unpaired) electrons. The van der Waals surface area contributed by atoms with Gasteiger partial charge in [-0.3, -0.25) is 4.90 Å². The van der Waals surface area contributed by atoms with Crippen molar-refractivity contribution in [3.63, 3.8) is 0 Å². The number of tetrazole rings is 1. The van der Waals surface area contributed by atoms with Crippen molar-refractivity contribution >= 4 is 17.4 Å². The van der Waals surface area contributed by atoms with Crippen molar-refractivity contribution in [1.82, 2.24) is 30.6 Å². The van der Waals surface area contributed by atoms with Crippen molar-refractivity contribution in [3.8, 4) is 17.1 Å². The number of anilines is 1. The third-order valence-corrected chi connectivity index (χ3v) is 6.98. The van der Waals surface area contributed by atoms with E-state index in [1.54, 1.807) is 12.4 Å². The van der Waals surface area contributed by atoms with E-state index in [0.29, 0.717) is 30.5 Å². The number of amidine groups is 1. The fourth-order valence-corrected chi connectivity index (χ4v) is 4.75. The van der Waals surface area contributed by atoms with Gasteiger partial charge in [-0.05, 0) is 48.6 Å². The first-order valence-electron chi connectivity index (χ1n) is 14.5. The van der Waals surface area contributed by atoms with Gasteiger partial charge < -0.3 is 4.74 Å². The lowest BCUT2D eigenvalue weighted by Crippen LogP contribution is -2.38. The Balaban J connectivity index is 1.70. The average Bonchev–Trinajstić information content (AvgIpc) is 3.54. The molecule has 1 aliphatic heterocycles. The molecule has 0 amide bonds. The Morgan fingerprint density at radius 1 is 1.12 bits per heavy atom. The van der Waals surface area contributed by atoms with E-state index in [2.05, 4.69) is 89.7 Å². The molecule has 0 aliphatic carbocycles. The number of H-pyrrole nitrogens is 1. The standard InChI is InChI=1S/C33H40N8O/c1-8-11-16-30-29(24(7)41(32(36-30)22(4)5)33-34-20-26(21-35-33)42-10-3)19-25(9-2)18-17-23(6)27-14-12-13-15-28(27)31-37-39-40-38-31/h9,12-15,17-18,20-22H,2,7-8,10-11,16,19H2,1,3-6H3,(H,37,38,39,40)/b23-17+,25-18+. The van der Waals surface area contributed by atoms with Crippen LogP contribution in [-0.2, 0) is 0 Å². The van der Waals surface area contributed by atoms with E-state index in [1.165, 1.54) is 0 Å². The Hall–Kier alpha value is -4.66. The molecule has 1 N–H and O–H groups in total. The van der Waals surface area contributed by atoms with Crippen LogP contribution in [0, 0.1) is 5.92 Å². The predicted molar refractivity (Wildman–Crippen MR) is 170 cm³/mol. The average molecular weight is 565 g/mol. The van der Waals surface area contributed by atoms with E-state index in [1.807, 2.05) is 36.1 Å². The van der Waals surface area contributed by atoms with Gasteiger partial charge in [0.05, 0.1) is 19.0 Å². The molecule has 42 heavy (non-hydrogen) atoms. The summed E-state index contributed by atoms with van der Waals surface area (Å²) in [4.78, 5) is 16.4. The summed E-state index contributed by atoms with van der Waals surface area (Å²) in [6.07, 6.45) is 13.1. The van der Waals surface area contributed by atoms with Crippen molar-refractivity contribution < 1.29 is 4.74 Å². The minimum Gasteiger partial charge on any atom is -0.491 e. The molecule has 218 valence electrons. The minimum absolute atomic E-state index is 0.148. The maximum absolute atomic E-state index is 5.56. The van der Waals surface area contributed by atoms with Crippen LogP contribution in [0.1, 0.15) is 65.9 Å². The molecule has 1 aromatic carbocycles. The van der Waals surface area contributed by atoms with Gasteiger partial charge in [-0.1, -0.05) is 82.8 Å². The normalized spacial score (nSPS) is 14.5. The monoisotopic (exact) mass is 564 g/mol. The molecule has 9 nitrogen and oxygen atoms in total. The quantitative estimate of drug-likeness (QED) is 0.214. The number of nitrogens with zero attached hydrogens (tertiary/aromatic N) is 7. The summed E-state index contributed by atoms with van der Waals surface area (Å²) < 4.78 is 5.56. The van der Waals surface area contributed by atoms with Gasteiger partial charge >= 0.3 is 0 Å². The van der Waals surface area contributed by atoms with Crippen molar-refractivity contribution in [1.29, 1.82) is 0 Å². The highest BCUT2D eigenvalue weighted by Gasteiger charge is 2.30. The fraction of sp³-hybridized carbons (Fsp3) is 0.333. The molecular weight excluding hydrogens is 524 g/mol. The number of rotatable bonds is 13. The topological polar surface area (TPSA) is 105 Å². The first-order valence-corrected chi connectivity index (χ1v) is 14.5. The summed E-state index contributed by atoms with van der Waals surface area (Å²) in [6, 6.07) is 8.03. The van der Waals surface area contributed by atoms with Gasteiger partial charge in [0, 0.05) is 34.9 Å². The van der Waals surface area contributed by atoms with E-state index in [-0.39, 0.29) is 5.92 Å². The van der Waals surface area contributed by atoms with Crippen molar-refractivity contribution in [2.24, 2.45) is 10.9 Å². The maximum atomic E-state index is 5.56. The molecule has 0 unspecified atom stereocenters. The van der Waals surface area contributed by atoms with Crippen LogP contribution in [0.4, 0.5) is 5.95 Å². The number of hydrogen-bond acceptors (Lipinski definition) is 8. The second-order valence-electron chi connectivity index (χ2n) is 10.3. The van der Waals surface area contributed by atoms with Crippen LogP contribution in [0.3, 0.4) is 0 Å². The highest BCUT2D eigenvalue weighted by Crippen LogP contribution is 2.36. The number of aromatic amines is 1. The Morgan fingerprint density at radius 2 is 1.88 bits per heavy atom. The van der Waals surface area contributed by atoms with Crippen molar-refractivity contribution in [3.05, 3.63) is 96.1 Å². The molecule has 0 spiro atoms. The van der Waals surface area contributed by atoms with Crippen molar-refractivity contribution in [2.75, 3.05) is 11.5 Å². The second kappa shape index (κ2) is 14.3. The zero-order valence-electron chi connectivity index (χ0n) is 25.3. The Bertz CT molecular complexity index is 1510. The molecule has 3 heterocycles. The van der Waals surface area contributed by atoms with Gasteiger partial charge in [0.1, 0.15) is 5.84 Å². The third-order valence-electron chi connectivity index (χ3n) is 6.98. The first-order chi connectivity index (χ1) is 20.4. The number of aliphatic imine (C=N–C) groups is 1. The number of aromatic nitrogens is 6. The lowest BCUT2D eigenvalue weighted by molar-refractivity contribution is 0.337. The summed E-state index contributed by atoms with van der Waals surface area (Å²) in [5, 5.41) is 14.6. The Morgan fingerprint density at radius 3 is 2.52 bits per heavy atom. The van der Waals surface area contributed by atoms with Crippen LogP contribution < -0.4 is 9.64 Å². The number of nitrogens with one attached hydrogen (secondary N) is 1. The Kier molecular flexibility index (Phi) is 10.3. The number of hydrogen-bond donors (Lipinski definition) is 1. The van der Waals surface area contributed by atoms with E-state index in [9.17, 15) is 0 Å². The van der Waals surface area contributed by atoms with E-state index in [4.69, 9.17) is 9.73 Å². The largest absolute Gasteiger partial charge is 0.491 e. The SMILES string of the molecule is C=C/C(=C\C=C(/C)c1ccccc1-c1nn[nH]n1)CC1=C(CCCC)N=C(C(C)C)N(c2ncc(OCC)cn2)C1=C. The van der Waals surface area contributed by atoms with Crippen LogP contribution in [0.25, 0.3) is 17.0 Å². The molecule has 0 fully saturated rings. The maximum Gasteiger partial charge on any atom is 0.235 e. The third kappa shape index (κ3) is 6.97. The minimum atomic E-state index is 0.148. The number of ether oxygens (including phenoxy) is 1. The smallest absolute Gasteiger partial charge is 0.235 e. The van der Waals surface area contributed by atoms with Crippen molar-refractivity contribution in [2.45, 2.75) is 60.3 Å². The van der Waals surface area contributed by atoms with Gasteiger partial charge in [0.15, 0.2) is 5.75 Å². The molecular formula is C33H40N8O. The van der Waals surface area contributed by atoms with Gasteiger partial charge in [-0.15, -0.1) is 10.2 Å². The predicted octanol–water partition coefficient (Wildman–Crippen LogP) is 7.49. The van der Waals surface area contributed by atoms with Crippen LogP contribution in [0.15, 0.2) is 95.6 Å². The zero-order valence-corrected chi connectivity index (χ0v) is 25.3. The van der Waals surface area contributed by atoms with Gasteiger partial charge in [0.2, 0.25) is 11.8 Å². The molecule has 9 heteroatoms. The summed E-state index contributed by atoms with van der Waals surface area (Å²) in [5.41, 5.74) is 7.03. The van der Waals surface area contributed by atoms with Crippen LogP contribution in [-0.4, -0.2) is 43.0 Å². The Labute approximate surface area is 248 Å². The van der Waals surface area contributed by atoms with E-state index >= 15 is 0 Å².